The normalized spacial score (nSPS) is 22.6. The standard InChI is InChI=1S/C16H33N3O/c1-13-8-7-11-19(12-13)10-6-5-9-18-15(20)14(17)16(2,3)4/h13-14H,5-12,17H2,1-4H3,(H,18,20)/t13?,14-/m1/s1. The van der Waals surface area contributed by atoms with E-state index in [1.165, 1.54) is 25.9 Å². The summed E-state index contributed by atoms with van der Waals surface area (Å²) in [5.74, 6) is 0.817. The average Bonchev–Trinajstić information content (AvgIpc) is 2.36. The third-order valence-corrected chi connectivity index (χ3v) is 4.16. The molecule has 20 heavy (non-hydrogen) atoms. The maximum atomic E-state index is 11.9. The van der Waals surface area contributed by atoms with Crippen molar-refractivity contribution < 1.29 is 4.79 Å². The Balaban J connectivity index is 2.08. The van der Waals surface area contributed by atoms with Gasteiger partial charge in [-0.3, -0.25) is 4.79 Å². The number of nitrogens with zero attached hydrogens (tertiary/aromatic N) is 1. The molecule has 0 spiro atoms. The number of carbonyl (C=O) groups excluding carboxylic acids is 1. The van der Waals surface area contributed by atoms with Crippen LogP contribution in [0.2, 0.25) is 0 Å². The number of nitrogens with one attached hydrogen (secondary N) is 1. The first kappa shape index (κ1) is 17.4. The van der Waals surface area contributed by atoms with Crippen molar-refractivity contribution in [1.29, 1.82) is 0 Å². The Bertz CT molecular complexity index is 299. The highest BCUT2D eigenvalue weighted by Crippen LogP contribution is 2.17. The lowest BCUT2D eigenvalue weighted by atomic mass is 9.87. The van der Waals surface area contributed by atoms with Crippen LogP contribution < -0.4 is 11.1 Å². The Morgan fingerprint density at radius 1 is 1.40 bits per heavy atom. The van der Waals surface area contributed by atoms with Crippen molar-refractivity contribution in [3.63, 3.8) is 0 Å². The van der Waals surface area contributed by atoms with Crippen LogP contribution in [0.25, 0.3) is 0 Å². The molecule has 118 valence electrons. The largest absolute Gasteiger partial charge is 0.355 e. The van der Waals surface area contributed by atoms with E-state index in [4.69, 9.17) is 5.73 Å². The van der Waals surface area contributed by atoms with E-state index >= 15 is 0 Å². The summed E-state index contributed by atoms with van der Waals surface area (Å²) in [6.07, 6.45) is 4.89. The van der Waals surface area contributed by atoms with Crippen LogP contribution in [0, 0.1) is 11.3 Å². The molecule has 1 unspecified atom stereocenters. The van der Waals surface area contributed by atoms with E-state index in [1.54, 1.807) is 0 Å². The smallest absolute Gasteiger partial charge is 0.237 e. The second-order valence-corrected chi connectivity index (χ2v) is 7.39. The summed E-state index contributed by atoms with van der Waals surface area (Å²) < 4.78 is 0. The lowest BCUT2D eigenvalue weighted by molar-refractivity contribution is -0.124. The minimum atomic E-state index is -0.426. The lowest BCUT2D eigenvalue weighted by Crippen LogP contribution is -2.48. The zero-order chi connectivity index (χ0) is 15.2. The second-order valence-electron chi connectivity index (χ2n) is 7.39. The number of rotatable bonds is 6. The minimum Gasteiger partial charge on any atom is -0.355 e. The number of hydrogen-bond acceptors (Lipinski definition) is 3. The molecule has 1 saturated heterocycles. The summed E-state index contributed by atoms with van der Waals surface area (Å²) >= 11 is 0. The summed E-state index contributed by atoms with van der Waals surface area (Å²) in [5.41, 5.74) is 5.75. The monoisotopic (exact) mass is 283 g/mol. The van der Waals surface area contributed by atoms with Gasteiger partial charge in [-0.1, -0.05) is 27.7 Å². The SMILES string of the molecule is CC1CCCN(CCCCNC(=O)[C@@H](N)C(C)(C)C)C1. The molecular weight excluding hydrogens is 250 g/mol. The van der Waals surface area contributed by atoms with Gasteiger partial charge >= 0.3 is 0 Å². The first-order chi connectivity index (χ1) is 9.30. The van der Waals surface area contributed by atoms with E-state index in [0.717, 1.165) is 31.8 Å². The van der Waals surface area contributed by atoms with Crippen molar-refractivity contribution in [2.75, 3.05) is 26.2 Å². The van der Waals surface area contributed by atoms with E-state index in [2.05, 4.69) is 17.1 Å². The number of piperidine rings is 1. The third-order valence-electron chi connectivity index (χ3n) is 4.16. The topological polar surface area (TPSA) is 58.4 Å². The van der Waals surface area contributed by atoms with Gasteiger partial charge in [0.2, 0.25) is 5.91 Å². The number of amides is 1. The summed E-state index contributed by atoms with van der Waals surface area (Å²) in [4.78, 5) is 14.4. The van der Waals surface area contributed by atoms with Crippen LogP contribution in [0.5, 0.6) is 0 Å². The molecule has 1 aliphatic rings. The molecule has 0 saturated carbocycles. The molecule has 4 nitrogen and oxygen atoms in total. The van der Waals surface area contributed by atoms with Gasteiger partial charge in [0.1, 0.15) is 0 Å². The fourth-order valence-electron chi connectivity index (χ4n) is 2.67. The van der Waals surface area contributed by atoms with Crippen molar-refractivity contribution in [2.24, 2.45) is 17.1 Å². The van der Waals surface area contributed by atoms with Crippen LogP contribution in [0.1, 0.15) is 53.4 Å². The molecule has 3 N–H and O–H groups in total. The van der Waals surface area contributed by atoms with Gasteiger partial charge in [0.25, 0.3) is 0 Å². The molecule has 1 amide bonds. The van der Waals surface area contributed by atoms with Crippen molar-refractivity contribution in [1.82, 2.24) is 10.2 Å². The van der Waals surface area contributed by atoms with Gasteiger partial charge in [0.15, 0.2) is 0 Å². The van der Waals surface area contributed by atoms with Gasteiger partial charge in [-0.25, -0.2) is 0 Å². The molecule has 4 heteroatoms. The fourth-order valence-corrected chi connectivity index (χ4v) is 2.67. The fraction of sp³-hybridized carbons (Fsp3) is 0.938. The number of likely N-dealkylation sites (tertiary alicyclic amines) is 1. The van der Waals surface area contributed by atoms with Gasteiger partial charge in [0, 0.05) is 13.1 Å². The highest BCUT2D eigenvalue weighted by Gasteiger charge is 2.26. The highest BCUT2D eigenvalue weighted by molar-refractivity contribution is 5.82. The zero-order valence-corrected chi connectivity index (χ0v) is 13.7. The quantitative estimate of drug-likeness (QED) is 0.733. The summed E-state index contributed by atoms with van der Waals surface area (Å²) in [5, 5.41) is 2.95. The maximum absolute atomic E-state index is 11.9. The van der Waals surface area contributed by atoms with E-state index in [0.29, 0.717) is 0 Å². The first-order valence-electron chi connectivity index (χ1n) is 8.06. The molecule has 2 atom stereocenters. The van der Waals surface area contributed by atoms with Crippen LogP contribution in [0.4, 0.5) is 0 Å². The molecule has 1 rings (SSSR count). The predicted molar refractivity (Wildman–Crippen MR) is 84.5 cm³/mol. The third kappa shape index (κ3) is 6.23. The van der Waals surface area contributed by atoms with E-state index in [-0.39, 0.29) is 11.3 Å². The molecule has 0 aromatic rings. The van der Waals surface area contributed by atoms with Gasteiger partial charge in [-0.15, -0.1) is 0 Å². The number of unbranched alkanes of at least 4 members (excludes halogenated alkanes) is 1. The van der Waals surface area contributed by atoms with Crippen LogP contribution in [-0.2, 0) is 4.79 Å². The Hall–Kier alpha value is -0.610. The molecule has 1 aliphatic heterocycles. The Morgan fingerprint density at radius 3 is 2.70 bits per heavy atom. The Morgan fingerprint density at radius 2 is 2.10 bits per heavy atom. The van der Waals surface area contributed by atoms with Crippen molar-refractivity contribution in [3.05, 3.63) is 0 Å². The summed E-state index contributed by atoms with van der Waals surface area (Å²) in [7, 11) is 0. The van der Waals surface area contributed by atoms with Crippen molar-refractivity contribution >= 4 is 5.91 Å². The number of carbonyl (C=O) groups is 1. The predicted octanol–water partition coefficient (Wildman–Crippen LogP) is 1.99. The summed E-state index contributed by atoms with van der Waals surface area (Å²) in [6, 6.07) is -0.426. The lowest BCUT2D eigenvalue weighted by Gasteiger charge is -2.30. The molecular formula is C16H33N3O. The molecule has 0 aromatic heterocycles. The minimum absolute atomic E-state index is 0.0240. The summed E-state index contributed by atoms with van der Waals surface area (Å²) in [6.45, 7) is 12.7. The van der Waals surface area contributed by atoms with Crippen LogP contribution in [-0.4, -0.2) is 43.0 Å². The van der Waals surface area contributed by atoms with E-state index in [1.807, 2.05) is 20.8 Å². The van der Waals surface area contributed by atoms with Crippen LogP contribution >= 0.6 is 0 Å². The molecule has 1 heterocycles. The van der Waals surface area contributed by atoms with Gasteiger partial charge in [-0.05, 0) is 50.1 Å². The molecule has 0 aromatic carbocycles. The second kappa shape index (κ2) is 7.99. The number of nitrogens with two attached hydrogens (primary N) is 1. The van der Waals surface area contributed by atoms with Gasteiger partial charge in [-0.2, -0.15) is 0 Å². The zero-order valence-electron chi connectivity index (χ0n) is 13.7. The molecule has 0 bridgehead atoms. The Kier molecular flexibility index (Phi) is 6.96. The van der Waals surface area contributed by atoms with E-state index < -0.39 is 6.04 Å². The van der Waals surface area contributed by atoms with E-state index in [9.17, 15) is 4.79 Å². The van der Waals surface area contributed by atoms with Gasteiger partial charge in [0.05, 0.1) is 6.04 Å². The molecule has 0 aliphatic carbocycles. The molecule has 1 fully saturated rings. The first-order valence-corrected chi connectivity index (χ1v) is 8.06. The van der Waals surface area contributed by atoms with Crippen molar-refractivity contribution in [2.45, 2.75) is 59.4 Å². The van der Waals surface area contributed by atoms with Crippen LogP contribution in [0.15, 0.2) is 0 Å². The van der Waals surface area contributed by atoms with Crippen molar-refractivity contribution in [3.8, 4) is 0 Å². The molecule has 0 radical (unpaired) electrons. The number of hydrogen-bond donors (Lipinski definition) is 2. The average molecular weight is 283 g/mol. The van der Waals surface area contributed by atoms with Gasteiger partial charge < -0.3 is 16.0 Å². The maximum Gasteiger partial charge on any atom is 0.237 e. The van der Waals surface area contributed by atoms with Crippen LogP contribution in [0.3, 0.4) is 0 Å². The Labute approximate surface area is 124 Å². The highest BCUT2D eigenvalue weighted by atomic mass is 16.2.